The summed E-state index contributed by atoms with van der Waals surface area (Å²) in [5, 5.41) is 17.4. The van der Waals surface area contributed by atoms with Crippen LogP contribution in [0.5, 0.6) is 0 Å². The molecular weight excluding hydrogens is 421 g/mol. The largest absolute Gasteiger partial charge is 0.435 e. The highest BCUT2D eigenvalue weighted by Crippen LogP contribution is 2.27. The van der Waals surface area contributed by atoms with Crippen molar-refractivity contribution in [3.8, 4) is 6.07 Å². The van der Waals surface area contributed by atoms with Gasteiger partial charge in [0.05, 0.1) is 10.6 Å². The zero-order valence-corrected chi connectivity index (χ0v) is 16.3. The van der Waals surface area contributed by atoms with Gasteiger partial charge in [-0.2, -0.15) is 23.5 Å². The summed E-state index contributed by atoms with van der Waals surface area (Å²) in [6.45, 7) is 2.76. The van der Waals surface area contributed by atoms with Gasteiger partial charge in [-0.1, -0.05) is 11.6 Å². The van der Waals surface area contributed by atoms with E-state index in [2.05, 4.69) is 26.2 Å². The van der Waals surface area contributed by atoms with Crippen molar-refractivity contribution in [2.75, 3.05) is 36.0 Å². The molecule has 0 spiro atoms. The summed E-state index contributed by atoms with van der Waals surface area (Å²) in [6.07, 6.45) is -1.75. The monoisotopic (exact) mass is 436 g/mol. The van der Waals surface area contributed by atoms with Gasteiger partial charge in [-0.25, -0.2) is 9.67 Å². The predicted molar refractivity (Wildman–Crippen MR) is 103 cm³/mol. The lowest BCUT2D eigenvalue weighted by molar-refractivity contribution is -0.141. The molecule has 0 atom stereocenters. The average Bonchev–Trinajstić information content (AvgIpc) is 3.39. The number of nitrogens with zero attached hydrogens (tertiary/aromatic N) is 8. The molecule has 3 aromatic rings. The quantitative estimate of drug-likeness (QED) is 0.625. The summed E-state index contributed by atoms with van der Waals surface area (Å²) in [7, 11) is 0. The summed E-state index contributed by atoms with van der Waals surface area (Å²) in [5.74, 6) is 0.506. The SMILES string of the molecule is N#Cc1cc(N2CCN(c3ncn(Cn4ccc(C(F)(F)F)n4)n3)CC2)ccc1Cl. The molecule has 0 radical (unpaired) electrons. The Kier molecular flexibility index (Phi) is 5.26. The molecule has 0 amide bonds. The van der Waals surface area contributed by atoms with Gasteiger partial charge in [0.25, 0.3) is 0 Å². The van der Waals surface area contributed by atoms with Gasteiger partial charge in [0.15, 0.2) is 5.69 Å². The number of alkyl halides is 3. The van der Waals surface area contributed by atoms with Crippen LogP contribution in [0.3, 0.4) is 0 Å². The molecule has 4 rings (SSSR count). The zero-order valence-electron chi connectivity index (χ0n) is 15.6. The maximum absolute atomic E-state index is 12.7. The number of aromatic nitrogens is 5. The minimum Gasteiger partial charge on any atom is -0.368 e. The fraction of sp³-hybridized carbons (Fsp3) is 0.333. The van der Waals surface area contributed by atoms with E-state index in [4.69, 9.17) is 16.9 Å². The van der Waals surface area contributed by atoms with Crippen LogP contribution in [0.2, 0.25) is 5.02 Å². The third-order valence-corrected chi connectivity index (χ3v) is 5.07. The maximum Gasteiger partial charge on any atom is 0.435 e. The molecule has 0 saturated carbocycles. The summed E-state index contributed by atoms with van der Waals surface area (Å²) in [6, 6.07) is 8.36. The molecule has 1 saturated heterocycles. The van der Waals surface area contributed by atoms with Crippen LogP contribution in [-0.2, 0) is 12.8 Å². The number of halogens is 4. The van der Waals surface area contributed by atoms with Gasteiger partial charge in [0, 0.05) is 38.1 Å². The van der Waals surface area contributed by atoms with Crippen LogP contribution in [0.1, 0.15) is 11.3 Å². The number of hydrogen-bond acceptors (Lipinski definition) is 6. The normalized spacial score (nSPS) is 14.8. The summed E-state index contributed by atoms with van der Waals surface area (Å²) in [4.78, 5) is 8.41. The van der Waals surface area contributed by atoms with Crippen LogP contribution >= 0.6 is 11.6 Å². The second-order valence-corrected chi connectivity index (χ2v) is 7.12. The molecule has 1 fully saturated rings. The van der Waals surface area contributed by atoms with Crippen LogP contribution in [0.4, 0.5) is 24.8 Å². The molecule has 156 valence electrons. The fourth-order valence-corrected chi connectivity index (χ4v) is 3.36. The Hall–Kier alpha value is -3.26. The lowest BCUT2D eigenvalue weighted by atomic mass is 10.2. The number of rotatable bonds is 4. The molecule has 3 heterocycles. The Morgan fingerprint density at radius 2 is 1.77 bits per heavy atom. The second kappa shape index (κ2) is 7.87. The number of benzene rings is 1. The van der Waals surface area contributed by atoms with Crippen molar-refractivity contribution in [1.29, 1.82) is 5.26 Å². The topological polar surface area (TPSA) is 78.8 Å². The standard InChI is InChI=1S/C18H16ClF3N8/c19-15-2-1-14(9-13(15)10-23)27-5-7-28(8-6-27)17-24-11-30(26-17)12-29-4-3-16(25-29)18(20,21)22/h1-4,9,11H,5-8,12H2. The van der Waals surface area contributed by atoms with E-state index >= 15 is 0 Å². The smallest absolute Gasteiger partial charge is 0.368 e. The number of hydrogen-bond donors (Lipinski definition) is 0. The van der Waals surface area contributed by atoms with E-state index in [9.17, 15) is 13.2 Å². The van der Waals surface area contributed by atoms with Crippen molar-refractivity contribution in [3.05, 3.63) is 53.1 Å². The molecular formula is C18H16ClF3N8. The van der Waals surface area contributed by atoms with Crippen molar-refractivity contribution >= 4 is 23.2 Å². The molecule has 0 bridgehead atoms. The van der Waals surface area contributed by atoms with Gasteiger partial charge in [-0.15, -0.1) is 5.10 Å². The first-order valence-electron chi connectivity index (χ1n) is 9.03. The van der Waals surface area contributed by atoms with E-state index in [-0.39, 0.29) is 6.67 Å². The Bertz CT molecular complexity index is 1080. The molecule has 12 heteroatoms. The van der Waals surface area contributed by atoms with Crippen molar-refractivity contribution in [1.82, 2.24) is 24.5 Å². The minimum atomic E-state index is -4.48. The first kappa shape index (κ1) is 20.0. The van der Waals surface area contributed by atoms with E-state index in [0.717, 1.165) is 16.4 Å². The van der Waals surface area contributed by atoms with Gasteiger partial charge >= 0.3 is 6.18 Å². The van der Waals surface area contributed by atoms with Crippen molar-refractivity contribution < 1.29 is 13.2 Å². The van der Waals surface area contributed by atoms with Crippen LogP contribution in [0, 0.1) is 11.3 Å². The molecule has 1 aromatic carbocycles. The summed E-state index contributed by atoms with van der Waals surface area (Å²) >= 11 is 5.99. The molecule has 30 heavy (non-hydrogen) atoms. The van der Waals surface area contributed by atoms with Crippen molar-refractivity contribution in [3.63, 3.8) is 0 Å². The lowest BCUT2D eigenvalue weighted by Crippen LogP contribution is -2.47. The Morgan fingerprint density at radius 3 is 2.43 bits per heavy atom. The van der Waals surface area contributed by atoms with E-state index in [1.807, 2.05) is 11.0 Å². The van der Waals surface area contributed by atoms with Crippen LogP contribution in [-0.4, -0.2) is 50.7 Å². The first-order chi connectivity index (χ1) is 14.3. The highest BCUT2D eigenvalue weighted by Gasteiger charge is 2.33. The predicted octanol–water partition coefficient (Wildman–Crippen LogP) is 2.85. The van der Waals surface area contributed by atoms with Gasteiger partial charge in [-0.05, 0) is 24.3 Å². The fourth-order valence-electron chi connectivity index (χ4n) is 3.20. The third kappa shape index (κ3) is 4.18. The highest BCUT2D eigenvalue weighted by atomic mass is 35.5. The molecule has 2 aromatic heterocycles. The van der Waals surface area contributed by atoms with Crippen molar-refractivity contribution in [2.45, 2.75) is 12.8 Å². The van der Waals surface area contributed by atoms with Gasteiger partial charge < -0.3 is 9.80 Å². The average molecular weight is 437 g/mol. The molecule has 0 aliphatic carbocycles. The van der Waals surface area contributed by atoms with Gasteiger partial charge in [0.1, 0.15) is 19.1 Å². The summed E-state index contributed by atoms with van der Waals surface area (Å²) < 4.78 is 40.6. The van der Waals surface area contributed by atoms with Crippen LogP contribution in [0.15, 0.2) is 36.8 Å². The Morgan fingerprint density at radius 1 is 1.03 bits per heavy atom. The van der Waals surface area contributed by atoms with Crippen LogP contribution in [0.25, 0.3) is 0 Å². The van der Waals surface area contributed by atoms with Gasteiger partial charge in [-0.3, -0.25) is 4.68 Å². The lowest BCUT2D eigenvalue weighted by Gasteiger charge is -2.35. The zero-order chi connectivity index (χ0) is 21.3. The number of nitriles is 1. The van der Waals surface area contributed by atoms with Gasteiger partial charge in [0.2, 0.25) is 5.95 Å². The van der Waals surface area contributed by atoms with Crippen LogP contribution < -0.4 is 9.80 Å². The number of piperazine rings is 1. The molecule has 1 aliphatic rings. The molecule has 0 N–H and O–H groups in total. The van der Waals surface area contributed by atoms with E-state index in [1.54, 1.807) is 12.1 Å². The molecule has 8 nitrogen and oxygen atoms in total. The third-order valence-electron chi connectivity index (χ3n) is 4.74. The van der Waals surface area contributed by atoms with E-state index < -0.39 is 11.9 Å². The Balaban J connectivity index is 1.37. The molecule has 0 unspecified atom stereocenters. The van der Waals surface area contributed by atoms with Crippen molar-refractivity contribution in [2.24, 2.45) is 0 Å². The molecule has 1 aliphatic heterocycles. The number of anilines is 2. The van der Waals surface area contributed by atoms with E-state index in [1.165, 1.54) is 17.2 Å². The summed E-state index contributed by atoms with van der Waals surface area (Å²) in [5.41, 5.74) is 0.415. The van der Waals surface area contributed by atoms with E-state index in [0.29, 0.717) is 42.7 Å². The first-order valence-corrected chi connectivity index (χ1v) is 9.41. The highest BCUT2D eigenvalue weighted by molar-refractivity contribution is 6.31. The minimum absolute atomic E-state index is 0.0325. The maximum atomic E-state index is 12.7. The Labute approximate surface area is 174 Å². The second-order valence-electron chi connectivity index (χ2n) is 6.71.